The molecule has 1 atom stereocenters. The average molecular weight is 335 g/mol. The normalized spacial score (nSPS) is 16.5. The molecule has 3 nitrogen and oxygen atoms in total. The van der Waals surface area contributed by atoms with Gasteiger partial charge in [-0.3, -0.25) is 4.79 Å². The Hall–Kier alpha value is -1.71. The van der Waals surface area contributed by atoms with Crippen LogP contribution in [0.25, 0.3) is 0 Å². The summed E-state index contributed by atoms with van der Waals surface area (Å²) < 4.78 is 0. The minimum atomic E-state index is -0.126. The van der Waals surface area contributed by atoms with Crippen LogP contribution < -0.4 is 10.2 Å². The Kier molecular flexibility index (Phi) is 4.27. The smallest absolute Gasteiger partial charge is 0.243 e. The number of hydrogen-bond donors (Lipinski definition) is 1. The summed E-state index contributed by atoms with van der Waals surface area (Å²) in [5, 5.41) is 3.69. The second-order valence-corrected chi connectivity index (χ2v) is 6.27. The Morgan fingerprint density at radius 2 is 1.86 bits per heavy atom. The molecule has 0 saturated heterocycles. The highest BCUT2D eigenvalue weighted by Gasteiger charge is 2.27. The monoisotopic (exact) mass is 334 g/mol. The molecule has 5 heteroatoms. The summed E-state index contributed by atoms with van der Waals surface area (Å²) in [5.41, 5.74) is 2.87. The zero-order valence-electron chi connectivity index (χ0n) is 12.1. The molecule has 1 aliphatic heterocycles. The van der Waals surface area contributed by atoms with Gasteiger partial charge < -0.3 is 10.2 Å². The summed E-state index contributed by atoms with van der Waals surface area (Å²) in [4.78, 5) is 14.5. The number of amides is 1. The SMILES string of the molecule is C[C@H]1Cc2ccccc2N1CC(=O)Nc1c(Cl)cccc1Cl. The van der Waals surface area contributed by atoms with E-state index >= 15 is 0 Å². The van der Waals surface area contributed by atoms with Crippen LogP contribution in [0.4, 0.5) is 11.4 Å². The molecule has 0 bridgehead atoms. The first-order valence-electron chi connectivity index (χ1n) is 7.14. The van der Waals surface area contributed by atoms with Crippen LogP contribution in [0.1, 0.15) is 12.5 Å². The molecule has 1 heterocycles. The van der Waals surface area contributed by atoms with Crippen LogP contribution in [0.3, 0.4) is 0 Å². The van der Waals surface area contributed by atoms with Gasteiger partial charge in [0.05, 0.1) is 22.3 Å². The van der Waals surface area contributed by atoms with E-state index < -0.39 is 0 Å². The van der Waals surface area contributed by atoms with Gasteiger partial charge in [-0.1, -0.05) is 47.5 Å². The molecule has 2 aromatic rings. The molecule has 0 radical (unpaired) electrons. The van der Waals surface area contributed by atoms with Crippen LogP contribution in [0.5, 0.6) is 0 Å². The van der Waals surface area contributed by atoms with Gasteiger partial charge >= 0.3 is 0 Å². The molecule has 22 heavy (non-hydrogen) atoms. The van der Waals surface area contributed by atoms with Crippen molar-refractivity contribution in [2.24, 2.45) is 0 Å². The molecule has 1 aliphatic rings. The summed E-state index contributed by atoms with van der Waals surface area (Å²) in [5.74, 6) is -0.126. The number of carbonyl (C=O) groups excluding carboxylic acids is 1. The molecular formula is C17H16Cl2N2O. The molecule has 0 saturated carbocycles. The van der Waals surface area contributed by atoms with Crippen molar-refractivity contribution in [3.63, 3.8) is 0 Å². The largest absolute Gasteiger partial charge is 0.359 e. The number of benzene rings is 2. The first-order chi connectivity index (χ1) is 10.6. The number of nitrogens with zero attached hydrogens (tertiary/aromatic N) is 1. The third kappa shape index (κ3) is 2.92. The van der Waals surface area contributed by atoms with E-state index in [0.29, 0.717) is 21.8 Å². The second-order valence-electron chi connectivity index (χ2n) is 5.45. The molecule has 0 fully saturated rings. The zero-order chi connectivity index (χ0) is 15.7. The molecule has 1 amide bonds. The second kappa shape index (κ2) is 6.19. The lowest BCUT2D eigenvalue weighted by Crippen LogP contribution is -2.37. The van der Waals surface area contributed by atoms with Crippen molar-refractivity contribution in [2.45, 2.75) is 19.4 Å². The van der Waals surface area contributed by atoms with Crippen LogP contribution in [0, 0.1) is 0 Å². The lowest BCUT2D eigenvalue weighted by molar-refractivity contribution is -0.115. The van der Waals surface area contributed by atoms with Crippen molar-refractivity contribution in [1.82, 2.24) is 0 Å². The van der Waals surface area contributed by atoms with E-state index in [1.807, 2.05) is 12.1 Å². The van der Waals surface area contributed by atoms with E-state index in [0.717, 1.165) is 12.1 Å². The Labute approximate surface area is 139 Å². The Morgan fingerprint density at radius 1 is 1.18 bits per heavy atom. The fourth-order valence-electron chi connectivity index (χ4n) is 2.82. The number of nitrogens with one attached hydrogen (secondary N) is 1. The standard InChI is InChI=1S/C17H16Cl2N2O/c1-11-9-12-5-2-3-8-15(12)21(11)10-16(22)20-17-13(18)6-4-7-14(17)19/h2-8,11H,9-10H2,1H3,(H,20,22)/t11-/m0/s1. The van der Waals surface area contributed by atoms with Gasteiger partial charge in [0.15, 0.2) is 0 Å². The molecule has 0 unspecified atom stereocenters. The van der Waals surface area contributed by atoms with Crippen molar-refractivity contribution in [3.05, 3.63) is 58.1 Å². The number of fused-ring (bicyclic) bond motifs is 1. The topological polar surface area (TPSA) is 32.3 Å². The van der Waals surface area contributed by atoms with Crippen molar-refractivity contribution >= 4 is 40.5 Å². The predicted octanol–water partition coefficient (Wildman–Crippen LogP) is 4.38. The lowest BCUT2D eigenvalue weighted by atomic mass is 10.1. The van der Waals surface area contributed by atoms with Gasteiger partial charge in [0, 0.05) is 11.7 Å². The van der Waals surface area contributed by atoms with Crippen LogP contribution in [-0.4, -0.2) is 18.5 Å². The first kappa shape index (κ1) is 15.2. The number of para-hydroxylation sites is 2. The van der Waals surface area contributed by atoms with Crippen molar-refractivity contribution in [3.8, 4) is 0 Å². The minimum Gasteiger partial charge on any atom is -0.359 e. The van der Waals surface area contributed by atoms with Crippen molar-refractivity contribution < 1.29 is 4.79 Å². The van der Waals surface area contributed by atoms with Crippen LogP contribution >= 0.6 is 23.2 Å². The number of hydrogen-bond acceptors (Lipinski definition) is 2. The molecule has 3 rings (SSSR count). The molecule has 114 valence electrons. The summed E-state index contributed by atoms with van der Waals surface area (Å²) >= 11 is 12.2. The zero-order valence-corrected chi connectivity index (χ0v) is 13.7. The molecule has 0 aromatic heterocycles. The third-order valence-corrected chi connectivity index (χ3v) is 4.52. The van der Waals surface area contributed by atoms with E-state index in [1.165, 1.54) is 5.56 Å². The third-order valence-electron chi connectivity index (χ3n) is 3.89. The highest BCUT2D eigenvalue weighted by molar-refractivity contribution is 6.39. The van der Waals surface area contributed by atoms with Crippen LogP contribution in [0.2, 0.25) is 10.0 Å². The van der Waals surface area contributed by atoms with Gasteiger partial charge in [0.2, 0.25) is 5.91 Å². The predicted molar refractivity (Wildman–Crippen MR) is 92.0 cm³/mol. The average Bonchev–Trinajstić information content (AvgIpc) is 2.79. The maximum absolute atomic E-state index is 12.4. The lowest BCUT2D eigenvalue weighted by Gasteiger charge is -2.24. The van der Waals surface area contributed by atoms with E-state index in [4.69, 9.17) is 23.2 Å². The van der Waals surface area contributed by atoms with E-state index in [2.05, 4.69) is 29.3 Å². The van der Waals surface area contributed by atoms with Gasteiger partial charge in [-0.25, -0.2) is 0 Å². The van der Waals surface area contributed by atoms with Gasteiger partial charge in [-0.15, -0.1) is 0 Å². The number of rotatable bonds is 3. The maximum Gasteiger partial charge on any atom is 0.243 e. The Bertz CT molecular complexity index is 697. The van der Waals surface area contributed by atoms with Crippen molar-refractivity contribution in [2.75, 3.05) is 16.8 Å². The fraction of sp³-hybridized carbons (Fsp3) is 0.235. The summed E-state index contributed by atoms with van der Waals surface area (Å²) in [6, 6.07) is 13.6. The molecule has 1 N–H and O–H groups in total. The van der Waals surface area contributed by atoms with E-state index in [9.17, 15) is 4.79 Å². The fourth-order valence-corrected chi connectivity index (χ4v) is 3.31. The summed E-state index contributed by atoms with van der Waals surface area (Å²) in [6.45, 7) is 2.40. The quantitative estimate of drug-likeness (QED) is 0.903. The minimum absolute atomic E-state index is 0.126. The van der Waals surface area contributed by atoms with E-state index in [1.54, 1.807) is 18.2 Å². The molecule has 0 aliphatic carbocycles. The van der Waals surface area contributed by atoms with Crippen LogP contribution in [-0.2, 0) is 11.2 Å². The van der Waals surface area contributed by atoms with E-state index in [-0.39, 0.29) is 12.5 Å². The van der Waals surface area contributed by atoms with Gasteiger partial charge in [0.25, 0.3) is 0 Å². The summed E-state index contributed by atoms with van der Waals surface area (Å²) in [6.07, 6.45) is 0.955. The van der Waals surface area contributed by atoms with Gasteiger partial charge in [-0.2, -0.15) is 0 Å². The number of carbonyl (C=O) groups is 1. The number of anilines is 2. The maximum atomic E-state index is 12.4. The highest BCUT2D eigenvalue weighted by atomic mass is 35.5. The molecule has 2 aromatic carbocycles. The highest BCUT2D eigenvalue weighted by Crippen LogP contribution is 2.32. The van der Waals surface area contributed by atoms with Crippen molar-refractivity contribution in [1.29, 1.82) is 0 Å². The first-order valence-corrected chi connectivity index (χ1v) is 7.90. The van der Waals surface area contributed by atoms with Crippen LogP contribution in [0.15, 0.2) is 42.5 Å². The molecular weight excluding hydrogens is 319 g/mol. The Morgan fingerprint density at radius 3 is 2.59 bits per heavy atom. The summed E-state index contributed by atoms with van der Waals surface area (Å²) in [7, 11) is 0. The molecule has 0 spiro atoms. The van der Waals surface area contributed by atoms with Gasteiger partial charge in [0.1, 0.15) is 0 Å². The van der Waals surface area contributed by atoms with Gasteiger partial charge in [-0.05, 0) is 37.1 Å². The Balaban J connectivity index is 1.75. The number of halogens is 2.